The molecule has 3 N–H and O–H groups in total. The van der Waals surface area contributed by atoms with Crippen LogP contribution in [-0.2, 0) is 10.3 Å². The minimum Gasteiger partial charge on any atom is -0.506 e. The Bertz CT molecular complexity index is 606. The van der Waals surface area contributed by atoms with Gasteiger partial charge in [-0.3, -0.25) is 0 Å². The van der Waals surface area contributed by atoms with E-state index < -0.39 is 5.60 Å². The molecule has 0 atom stereocenters. The van der Waals surface area contributed by atoms with Crippen molar-refractivity contribution in [2.75, 3.05) is 12.3 Å². The summed E-state index contributed by atoms with van der Waals surface area (Å²) in [6.07, 6.45) is 1.51. The molecule has 0 spiro atoms. The molecule has 1 heterocycles. The van der Waals surface area contributed by atoms with Gasteiger partial charge >= 0.3 is 0 Å². The molecule has 2 rings (SSSR count). The van der Waals surface area contributed by atoms with E-state index in [2.05, 4.69) is 10.1 Å². The number of aromatic nitrogens is 2. The van der Waals surface area contributed by atoms with Gasteiger partial charge in [0.25, 0.3) is 5.89 Å². The topological polar surface area (TPSA) is 94.4 Å². The summed E-state index contributed by atoms with van der Waals surface area (Å²) in [5.41, 5.74) is 5.98. The zero-order valence-corrected chi connectivity index (χ0v) is 12.6. The summed E-state index contributed by atoms with van der Waals surface area (Å²) in [6.45, 7) is 6.59. The summed E-state index contributed by atoms with van der Waals surface area (Å²) in [7, 11) is 0. The van der Waals surface area contributed by atoms with E-state index in [-0.39, 0.29) is 5.75 Å². The van der Waals surface area contributed by atoms with Gasteiger partial charge in [-0.05, 0) is 38.0 Å². The number of phenolic OH excluding ortho intramolecular Hbond substituents is 1. The Morgan fingerprint density at radius 1 is 1.29 bits per heavy atom. The molecule has 0 saturated heterocycles. The van der Waals surface area contributed by atoms with E-state index in [1.807, 2.05) is 20.8 Å². The van der Waals surface area contributed by atoms with E-state index in [1.165, 1.54) is 6.07 Å². The first-order valence-corrected chi connectivity index (χ1v) is 7.13. The molecule has 0 bridgehead atoms. The van der Waals surface area contributed by atoms with Crippen LogP contribution in [0.15, 0.2) is 22.7 Å². The molecule has 0 aliphatic heterocycles. The fourth-order valence-electron chi connectivity index (χ4n) is 2.31. The highest BCUT2D eigenvalue weighted by atomic mass is 16.5. The normalized spacial score (nSPS) is 11.8. The first kappa shape index (κ1) is 15.3. The predicted octanol–water partition coefficient (Wildman–Crippen LogP) is 3.08. The maximum Gasteiger partial charge on any atom is 0.258 e. The van der Waals surface area contributed by atoms with Gasteiger partial charge in [-0.15, -0.1) is 0 Å². The second-order valence-corrected chi connectivity index (χ2v) is 4.83. The van der Waals surface area contributed by atoms with Crippen LogP contribution in [0.4, 0.5) is 5.69 Å². The molecule has 6 heteroatoms. The number of hydrogen-bond donors (Lipinski definition) is 2. The molecular weight excluding hydrogens is 270 g/mol. The Morgan fingerprint density at radius 2 is 2.00 bits per heavy atom. The SMILES string of the molecule is CCOC(CC)(CC)c1noc(-c2ccc(N)c(O)c2)n1. The number of nitrogens with zero attached hydrogens (tertiary/aromatic N) is 2. The van der Waals surface area contributed by atoms with Gasteiger partial charge in [0.15, 0.2) is 0 Å². The quantitative estimate of drug-likeness (QED) is 0.627. The van der Waals surface area contributed by atoms with Crippen LogP contribution in [0.25, 0.3) is 11.5 Å². The largest absolute Gasteiger partial charge is 0.506 e. The van der Waals surface area contributed by atoms with Gasteiger partial charge < -0.3 is 20.1 Å². The zero-order valence-electron chi connectivity index (χ0n) is 12.6. The molecule has 21 heavy (non-hydrogen) atoms. The zero-order chi connectivity index (χ0) is 15.5. The van der Waals surface area contributed by atoms with Crippen LogP contribution in [-0.4, -0.2) is 21.9 Å². The van der Waals surface area contributed by atoms with Gasteiger partial charge in [0.05, 0.1) is 5.69 Å². The molecule has 2 aromatic rings. The number of nitrogen functional groups attached to an aromatic ring is 1. The molecule has 0 unspecified atom stereocenters. The van der Waals surface area contributed by atoms with Crippen molar-refractivity contribution < 1.29 is 14.4 Å². The predicted molar refractivity (Wildman–Crippen MR) is 79.7 cm³/mol. The van der Waals surface area contributed by atoms with Gasteiger partial charge in [0, 0.05) is 12.2 Å². The molecule has 0 radical (unpaired) electrons. The fraction of sp³-hybridized carbons (Fsp3) is 0.467. The Kier molecular flexibility index (Phi) is 4.47. The van der Waals surface area contributed by atoms with Crippen LogP contribution in [0, 0.1) is 0 Å². The minimum atomic E-state index is -0.535. The third-order valence-corrected chi connectivity index (χ3v) is 3.67. The van der Waals surface area contributed by atoms with Crippen LogP contribution in [0.2, 0.25) is 0 Å². The molecule has 0 saturated carbocycles. The number of phenols is 1. The summed E-state index contributed by atoms with van der Waals surface area (Å²) in [4.78, 5) is 4.43. The van der Waals surface area contributed by atoms with Gasteiger partial charge in [-0.2, -0.15) is 4.98 Å². The standard InChI is InChI=1S/C15H21N3O3/c1-4-15(5-2,20-6-3)14-17-13(21-18-14)10-7-8-11(16)12(19)9-10/h7-9,19H,4-6,16H2,1-3H3. The lowest BCUT2D eigenvalue weighted by molar-refractivity contribution is -0.0583. The molecule has 0 amide bonds. The highest BCUT2D eigenvalue weighted by Crippen LogP contribution is 2.33. The van der Waals surface area contributed by atoms with Gasteiger partial charge in [0.2, 0.25) is 5.82 Å². The van der Waals surface area contributed by atoms with Crippen molar-refractivity contribution in [3.05, 3.63) is 24.0 Å². The first-order valence-electron chi connectivity index (χ1n) is 7.13. The number of hydrogen-bond acceptors (Lipinski definition) is 6. The van der Waals surface area contributed by atoms with Crippen molar-refractivity contribution in [3.63, 3.8) is 0 Å². The first-order chi connectivity index (χ1) is 10.1. The van der Waals surface area contributed by atoms with Crippen molar-refractivity contribution in [1.29, 1.82) is 0 Å². The number of aromatic hydroxyl groups is 1. The highest BCUT2D eigenvalue weighted by molar-refractivity contribution is 5.63. The Balaban J connectivity index is 2.38. The third-order valence-electron chi connectivity index (χ3n) is 3.67. The lowest BCUT2D eigenvalue weighted by Gasteiger charge is -2.27. The van der Waals surface area contributed by atoms with E-state index in [0.717, 1.165) is 12.8 Å². The maximum atomic E-state index is 9.67. The lowest BCUT2D eigenvalue weighted by Crippen LogP contribution is -2.29. The van der Waals surface area contributed by atoms with Gasteiger partial charge in [-0.25, -0.2) is 0 Å². The van der Waals surface area contributed by atoms with Gasteiger partial charge in [0.1, 0.15) is 11.4 Å². The van der Waals surface area contributed by atoms with Crippen molar-refractivity contribution >= 4 is 5.69 Å². The summed E-state index contributed by atoms with van der Waals surface area (Å²) in [5, 5.41) is 13.7. The molecule has 114 valence electrons. The van der Waals surface area contributed by atoms with E-state index in [9.17, 15) is 5.11 Å². The van der Waals surface area contributed by atoms with Crippen LogP contribution in [0.3, 0.4) is 0 Å². The number of benzene rings is 1. The number of nitrogens with two attached hydrogens (primary N) is 1. The third kappa shape index (κ3) is 2.85. The molecular formula is C15H21N3O3. The summed E-state index contributed by atoms with van der Waals surface area (Å²) >= 11 is 0. The second-order valence-electron chi connectivity index (χ2n) is 4.83. The Hall–Kier alpha value is -2.08. The summed E-state index contributed by atoms with van der Waals surface area (Å²) in [5.74, 6) is 0.862. The maximum absolute atomic E-state index is 9.67. The number of rotatable bonds is 6. The van der Waals surface area contributed by atoms with Crippen molar-refractivity contribution in [3.8, 4) is 17.2 Å². The number of ether oxygens (including phenoxy) is 1. The van der Waals surface area contributed by atoms with Crippen LogP contribution in [0.1, 0.15) is 39.4 Å². The highest BCUT2D eigenvalue weighted by Gasteiger charge is 2.34. The van der Waals surface area contributed by atoms with Crippen LogP contribution >= 0.6 is 0 Å². The smallest absolute Gasteiger partial charge is 0.258 e. The van der Waals surface area contributed by atoms with E-state index in [0.29, 0.717) is 29.6 Å². The minimum absolute atomic E-state index is 0.00527. The Labute approximate surface area is 123 Å². The molecule has 0 fully saturated rings. The van der Waals surface area contributed by atoms with Gasteiger partial charge in [-0.1, -0.05) is 19.0 Å². The fourth-order valence-corrected chi connectivity index (χ4v) is 2.31. The molecule has 6 nitrogen and oxygen atoms in total. The average Bonchev–Trinajstić information content (AvgIpc) is 2.98. The van der Waals surface area contributed by atoms with E-state index in [4.69, 9.17) is 15.0 Å². The van der Waals surface area contributed by atoms with E-state index >= 15 is 0 Å². The molecule has 1 aromatic heterocycles. The number of anilines is 1. The van der Waals surface area contributed by atoms with Crippen LogP contribution < -0.4 is 5.73 Å². The lowest BCUT2D eigenvalue weighted by atomic mass is 9.96. The second kappa shape index (κ2) is 6.13. The molecule has 0 aliphatic rings. The van der Waals surface area contributed by atoms with Crippen molar-refractivity contribution in [2.24, 2.45) is 0 Å². The van der Waals surface area contributed by atoms with Crippen LogP contribution in [0.5, 0.6) is 5.75 Å². The monoisotopic (exact) mass is 291 g/mol. The summed E-state index contributed by atoms with van der Waals surface area (Å²) < 4.78 is 11.2. The Morgan fingerprint density at radius 3 is 2.57 bits per heavy atom. The van der Waals surface area contributed by atoms with E-state index in [1.54, 1.807) is 12.1 Å². The molecule has 1 aromatic carbocycles. The van der Waals surface area contributed by atoms with Crippen molar-refractivity contribution in [2.45, 2.75) is 39.2 Å². The summed E-state index contributed by atoms with van der Waals surface area (Å²) in [6, 6.07) is 4.84. The van der Waals surface area contributed by atoms with Crippen molar-refractivity contribution in [1.82, 2.24) is 10.1 Å². The molecule has 0 aliphatic carbocycles. The average molecular weight is 291 g/mol.